The number of hydrogen-bond acceptors (Lipinski definition) is 6. The molecular formula is C16H14ClN3O4S. The van der Waals surface area contributed by atoms with Crippen molar-refractivity contribution in [1.82, 2.24) is 14.9 Å². The van der Waals surface area contributed by atoms with Crippen molar-refractivity contribution < 1.29 is 17.6 Å². The van der Waals surface area contributed by atoms with Gasteiger partial charge in [0.05, 0.1) is 13.7 Å². The van der Waals surface area contributed by atoms with Gasteiger partial charge in [-0.25, -0.2) is 13.1 Å². The Morgan fingerprint density at radius 3 is 2.64 bits per heavy atom. The second-order valence-corrected chi connectivity index (χ2v) is 7.16. The zero-order chi connectivity index (χ0) is 17.9. The van der Waals surface area contributed by atoms with Crippen molar-refractivity contribution >= 4 is 21.6 Å². The lowest BCUT2D eigenvalue weighted by Crippen LogP contribution is -2.24. The topological polar surface area (TPSA) is 94.3 Å². The molecule has 0 atom stereocenters. The fraction of sp³-hybridized carbons (Fsp3) is 0.125. The first kappa shape index (κ1) is 17.4. The number of rotatable bonds is 6. The van der Waals surface area contributed by atoms with Crippen molar-refractivity contribution in [1.29, 1.82) is 0 Å². The molecule has 1 aromatic heterocycles. The van der Waals surface area contributed by atoms with Crippen molar-refractivity contribution in [3.63, 3.8) is 0 Å². The number of nitrogens with one attached hydrogen (secondary N) is 1. The van der Waals surface area contributed by atoms with Gasteiger partial charge >= 0.3 is 0 Å². The first-order valence-electron chi connectivity index (χ1n) is 7.20. The molecule has 0 aliphatic rings. The highest BCUT2D eigenvalue weighted by molar-refractivity contribution is 7.89. The summed E-state index contributed by atoms with van der Waals surface area (Å²) in [5.74, 6) is 0.644. The molecule has 0 aliphatic carbocycles. The molecule has 0 saturated heterocycles. The molecule has 0 saturated carbocycles. The van der Waals surface area contributed by atoms with E-state index in [1.807, 2.05) is 30.3 Å². The minimum atomic E-state index is -3.87. The Balaban J connectivity index is 1.77. The predicted molar refractivity (Wildman–Crippen MR) is 91.8 cm³/mol. The van der Waals surface area contributed by atoms with E-state index in [0.717, 1.165) is 5.56 Å². The van der Waals surface area contributed by atoms with E-state index in [2.05, 4.69) is 14.9 Å². The maximum Gasteiger partial charge on any atom is 0.247 e. The van der Waals surface area contributed by atoms with Crippen LogP contribution < -0.4 is 9.46 Å². The summed E-state index contributed by atoms with van der Waals surface area (Å²) >= 11 is 5.88. The molecule has 3 aromatic rings. The first-order valence-corrected chi connectivity index (χ1v) is 9.07. The summed E-state index contributed by atoms with van der Waals surface area (Å²) in [6, 6.07) is 13.5. The molecular weight excluding hydrogens is 366 g/mol. The van der Waals surface area contributed by atoms with Crippen molar-refractivity contribution in [3.05, 3.63) is 59.4 Å². The molecule has 130 valence electrons. The normalized spacial score (nSPS) is 11.4. The molecule has 0 radical (unpaired) electrons. The average molecular weight is 380 g/mol. The Morgan fingerprint density at radius 1 is 1.16 bits per heavy atom. The summed E-state index contributed by atoms with van der Waals surface area (Å²) in [5.41, 5.74) is 0.751. The van der Waals surface area contributed by atoms with Crippen LogP contribution in [0.3, 0.4) is 0 Å². The first-order chi connectivity index (χ1) is 12.0. The lowest BCUT2D eigenvalue weighted by atomic mass is 10.2. The quantitative estimate of drug-likeness (QED) is 0.707. The minimum Gasteiger partial charge on any atom is -0.495 e. The van der Waals surface area contributed by atoms with E-state index in [9.17, 15) is 8.42 Å². The Bertz CT molecular complexity index is 974. The summed E-state index contributed by atoms with van der Waals surface area (Å²) in [5, 5.41) is 8.04. The van der Waals surface area contributed by atoms with E-state index < -0.39 is 10.0 Å². The van der Waals surface area contributed by atoms with Gasteiger partial charge in [-0.2, -0.15) is 0 Å². The van der Waals surface area contributed by atoms with Gasteiger partial charge in [0.25, 0.3) is 0 Å². The molecule has 2 aromatic carbocycles. The van der Waals surface area contributed by atoms with Crippen LogP contribution in [0.15, 0.2) is 57.8 Å². The number of aromatic nitrogens is 2. The number of sulfonamides is 1. The molecule has 0 aliphatic heterocycles. The lowest BCUT2D eigenvalue weighted by molar-refractivity contribution is 0.402. The van der Waals surface area contributed by atoms with Crippen molar-refractivity contribution in [2.45, 2.75) is 11.4 Å². The lowest BCUT2D eigenvalue weighted by Gasteiger charge is -2.10. The van der Waals surface area contributed by atoms with E-state index in [0.29, 0.717) is 5.89 Å². The van der Waals surface area contributed by atoms with Gasteiger partial charge in [-0.1, -0.05) is 29.8 Å². The third kappa shape index (κ3) is 3.98. The summed E-state index contributed by atoms with van der Waals surface area (Å²) in [6.45, 7) is -0.155. The number of ether oxygens (including phenoxy) is 1. The molecule has 9 heteroatoms. The third-order valence-corrected chi connectivity index (χ3v) is 4.97. The molecule has 7 nitrogen and oxygen atoms in total. The van der Waals surface area contributed by atoms with Gasteiger partial charge in [-0.3, -0.25) is 0 Å². The van der Waals surface area contributed by atoms with E-state index in [4.69, 9.17) is 20.8 Å². The fourth-order valence-corrected chi connectivity index (χ4v) is 3.52. The van der Waals surface area contributed by atoms with Crippen LogP contribution in [0.2, 0.25) is 5.02 Å². The summed E-state index contributed by atoms with van der Waals surface area (Å²) in [4.78, 5) is -0.0645. The number of nitrogens with zero attached hydrogens (tertiary/aromatic N) is 2. The molecule has 1 N–H and O–H groups in total. The van der Waals surface area contributed by atoms with Gasteiger partial charge < -0.3 is 9.15 Å². The van der Waals surface area contributed by atoms with Crippen LogP contribution in [0.5, 0.6) is 5.75 Å². The van der Waals surface area contributed by atoms with Gasteiger partial charge in [0.1, 0.15) is 10.6 Å². The number of methoxy groups -OCH3 is 1. The van der Waals surface area contributed by atoms with Crippen LogP contribution in [0.1, 0.15) is 5.89 Å². The van der Waals surface area contributed by atoms with Crippen LogP contribution in [-0.2, 0) is 16.6 Å². The van der Waals surface area contributed by atoms with Gasteiger partial charge in [0.15, 0.2) is 0 Å². The second kappa shape index (κ2) is 7.22. The van der Waals surface area contributed by atoms with Crippen LogP contribution in [0.4, 0.5) is 0 Å². The molecule has 0 amide bonds. The fourth-order valence-electron chi connectivity index (χ4n) is 2.12. The smallest absolute Gasteiger partial charge is 0.247 e. The van der Waals surface area contributed by atoms with Gasteiger partial charge in [-0.15, -0.1) is 10.2 Å². The molecule has 0 bridgehead atoms. The van der Waals surface area contributed by atoms with Crippen molar-refractivity contribution in [3.8, 4) is 17.2 Å². The molecule has 0 unspecified atom stereocenters. The summed E-state index contributed by atoms with van der Waals surface area (Å²) in [7, 11) is -2.48. The number of halogens is 1. The van der Waals surface area contributed by atoms with Gasteiger partial charge in [-0.05, 0) is 30.3 Å². The zero-order valence-electron chi connectivity index (χ0n) is 13.1. The molecule has 1 heterocycles. The highest BCUT2D eigenvalue weighted by Crippen LogP contribution is 2.27. The van der Waals surface area contributed by atoms with Crippen LogP contribution in [0, 0.1) is 0 Å². The number of benzene rings is 2. The van der Waals surface area contributed by atoms with Crippen LogP contribution in [-0.4, -0.2) is 25.7 Å². The minimum absolute atomic E-state index is 0.0645. The highest BCUT2D eigenvalue weighted by atomic mass is 35.5. The maximum atomic E-state index is 12.5. The Hall–Kier alpha value is -2.42. The molecule has 0 fully saturated rings. The predicted octanol–water partition coefficient (Wildman–Crippen LogP) is 2.88. The van der Waals surface area contributed by atoms with Crippen molar-refractivity contribution in [2.24, 2.45) is 0 Å². The standard InChI is InChI=1S/C16H14ClN3O4S/c1-23-13-8-7-12(17)9-14(13)25(21,22)18-10-15-19-20-16(24-15)11-5-3-2-4-6-11/h2-9,18H,10H2,1H3. The Morgan fingerprint density at radius 2 is 1.92 bits per heavy atom. The summed E-state index contributed by atoms with van der Waals surface area (Å²) < 4.78 is 37.9. The molecule has 3 rings (SSSR count). The van der Waals surface area contributed by atoms with E-state index >= 15 is 0 Å². The Labute approximate surface area is 149 Å². The summed E-state index contributed by atoms with van der Waals surface area (Å²) in [6.07, 6.45) is 0. The largest absolute Gasteiger partial charge is 0.495 e. The van der Waals surface area contributed by atoms with Gasteiger partial charge in [0, 0.05) is 10.6 Å². The monoisotopic (exact) mass is 379 g/mol. The van der Waals surface area contributed by atoms with E-state index in [-0.39, 0.29) is 28.1 Å². The Kier molecular flexibility index (Phi) is 5.03. The highest BCUT2D eigenvalue weighted by Gasteiger charge is 2.21. The second-order valence-electron chi connectivity index (χ2n) is 4.99. The molecule has 25 heavy (non-hydrogen) atoms. The molecule has 0 spiro atoms. The van der Waals surface area contributed by atoms with E-state index in [1.165, 1.54) is 19.2 Å². The maximum absolute atomic E-state index is 12.5. The van der Waals surface area contributed by atoms with Crippen LogP contribution >= 0.6 is 11.6 Å². The van der Waals surface area contributed by atoms with Crippen LogP contribution in [0.25, 0.3) is 11.5 Å². The number of hydrogen-bond donors (Lipinski definition) is 1. The zero-order valence-corrected chi connectivity index (χ0v) is 14.7. The SMILES string of the molecule is COc1ccc(Cl)cc1S(=O)(=O)NCc1nnc(-c2ccccc2)o1. The van der Waals surface area contributed by atoms with Crippen molar-refractivity contribution in [2.75, 3.05) is 7.11 Å². The third-order valence-electron chi connectivity index (χ3n) is 3.32. The van der Waals surface area contributed by atoms with Gasteiger partial charge in [0.2, 0.25) is 21.8 Å². The average Bonchev–Trinajstić information content (AvgIpc) is 3.10. The van der Waals surface area contributed by atoms with E-state index in [1.54, 1.807) is 6.07 Å².